The third kappa shape index (κ3) is 4.57. The Morgan fingerprint density at radius 1 is 0.862 bits per heavy atom. The maximum Gasteiger partial charge on any atom is 0.416 e. The van der Waals surface area contributed by atoms with E-state index < -0.39 is 32.6 Å². The number of sulfonamides is 1. The van der Waals surface area contributed by atoms with Gasteiger partial charge in [0.15, 0.2) is 0 Å². The van der Waals surface area contributed by atoms with E-state index >= 15 is 0 Å². The number of benzene rings is 3. The number of anilines is 1. The summed E-state index contributed by atoms with van der Waals surface area (Å²) in [6.45, 7) is 0. The number of hydrogen-bond donors (Lipinski definition) is 2. The second-order valence-electron chi connectivity index (χ2n) is 6.06. The zero-order valence-electron chi connectivity index (χ0n) is 14.6. The average molecular weight is 421 g/mol. The molecule has 0 saturated carbocycles. The van der Waals surface area contributed by atoms with Crippen LogP contribution in [-0.4, -0.2) is 19.5 Å². The third-order valence-corrected chi connectivity index (χ3v) is 5.47. The molecule has 0 bridgehead atoms. The number of halogens is 3. The SMILES string of the molecule is O=C(O)c1ccc(-c2ccccc2)cc1NS(=O)(=O)c1ccc(C(F)(F)F)cc1. The molecule has 0 atom stereocenters. The number of alkyl halides is 3. The van der Waals surface area contributed by atoms with E-state index in [1.165, 1.54) is 18.2 Å². The van der Waals surface area contributed by atoms with Crippen LogP contribution in [0.4, 0.5) is 18.9 Å². The Balaban J connectivity index is 2.00. The van der Waals surface area contributed by atoms with Crippen LogP contribution in [-0.2, 0) is 16.2 Å². The topological polar surface area (TPSA) is 83.5 Å². The Hall–Kier alpha value is -3.33. The van der Waals surface area contributed by atoms with Crippen molar-refractivity contribution in [3.05, 3.63) is 83.9 Å². The standard InChI is InChI=1S/C20H14F3NO4S/c21-20(22,23)15-7-9-16(10-8-15)29(27,28)24-18-12-14(6-11-17(18)19(25)26)13-4-2-1-3-5-13/h1-12,24H,(H,25,26). The van der Waals surface area contributed by atoms with E-state index in [9.17, 15) is 31.5 Å². The molecule has 0 spiro atoms. The molecule has 0 aliphatic heterocycles. The Bertz CT molecular complexity index is 1140. The number of aromatic carboxylic acids is 1. The van der Waals surface area contributed by atoms with Gasteiger partial charge in [-0.05, 0) is 47.5 Å². The Kier molecular flexibility index (Phi) is 5.34. The first-order chi connectivity index (χ1) is 13.6. The molecule has 0 fully saturated rings. The van der Waals surface area contributed by atoms with Gasteiger partial charge >= 0.3 is 12.1 Å². The van der Waals surface area contributed by atoms with E-state index in [1.54, 1.807) is 30.3 Å². The number of hydrogen-bond acceptors (Lipinski definition) is 3. The van der Waals surface area contributed by atoms with Crippen molar-refractivity contribution in [2.45, 2.75) is 11.1 Å². The number of nitrogens with one attached hydrogen (secondary N) is 1. The van der Waals surface area contributed by atoms with Crippen LogP contribution in [0.3, 0.4) is 0 Å². The molecule has 9 heteroatoms. The van der Waals surface area contributed by atoms with Crippen LogP contribution in [0.15, 0.2) is 77.7 Å². The van der Waals surface area contributed by atoms with Gasteiger partial charge in [-0.15, -0.1) is 0 Å². The number of carboxylic acids is 1. The van der Waals surface area contributed by atoms with E-state index in [0.717, 1.165) is 17.7 Å². The van der Waals surface area contributed by atoms with Crippen LogP contribution in [0, 0.1) is 0 Å². The lowest BCUT2D eigenvalue weighted by atomic mass is 10.0. The number of rotatable bonds is 5. The number of carboxylic acid groups (broad SMARTS) is 1. The summed E-state index contributed by atoms with van der Waals surface area (Å²) in [7, 11) is -4.31. The summed E-state index contributed by atoms with van der Waals surface area (Å²) in [5.74, 6) is -1.35. The van der Waals surface area contributed by atoms with Gasteiger partial charge in [0.2, 0.25) is 0 Å². The summed E-state index contributed by atoms with van der Waals surface area (Å²) in [6, 6.07) is 15.9. The second kappa shape index (κ2) is 7.59. The molecule has 0 unspecified atom stereocenters. The van der Waals surface area contributed by atoms with Gasteiger partial charge in [-0.1, -0.05) is 36.4 Å². The summed E-state index contributed by atoms with van der Waals surface area (Å²) >= 11 is 0. The lowest BCUT2D eigenvalue weighted by Gasteiger charge is -2.13. The maximum absolute atomic E-state index is 12.7. The predicted octanol–water partition coefficient (Wildman–Crippen LogP) is 4.87. The van der Waals surface area contributed by atoms with Gasteiger partial charge in [-0.25, -0.2) is 13.2 Å². The van der Waals surface area contributed by atoms with Crippen LogP contribution in [0.2, 0.25) is 0 Å². The van der Waals surface area contributed by atoms with Crippen molar-refractivity contribution >= 4 is 21.7 Å². The zero-order valence-corrected chi connectivity index (χ0v) is 15.5. The molecule has 0 saturated heterocycles. The lowest BCUT2D eigenvalue weighted by molar-refractivity contribution is -0.137. The van der Waals surface area contributed by atoms with Crippen molar-refractivity contribution in [3.63, 3.8) is 0 Å². The highest BCUT2D eigenvalue weighted by Gasteiger charge is 2.30. The van der Waals surface area contributed by atoms with Crippen molar-refractivity contribution < 1.29 is 31.5 Å². The molecule has 0 aliphatic rings. The van der Waals surface area contributed by atoms with Crippen LogP contribution < -0.4 is 4.72 Å². The highest BCUT2D eigenvalue weighted by Crippen LogP contribution is 2.31. The van der Waals surface area contributed by atoms with Gasteiger partial charge in [0.1, 0.15) is 0 Å². The fourth-order valence-electron chi connectivity index (χ4n) is 2.65. The van der Waals surface area contributed by atoms with E-state index in [0.29, 0.717) is 17.7 Å². The molecule has 3 aromatic rings. The fourth-order valence-corrected chi connectivity index (χ4v) is 3.72. The molecule has 5 nitrogen and oxygen atoms in total. The smallest absolute Gasteiger partial charge is 0.416 e. The first-order valence-corrected chi connectivity index (χ1v) is 9.69. The van der Waals surface area contributed by atoms with Crippen LogP contribution in [0.5, 0.6) is 0 Å². The molecule has 0 heterocycles. The fraction of sp³-hybridized carbons (Fsp3) is 0.0500. The van der Waals surface area contributed by atoms with Crippen molar-refractivity contribution in [1.82, 2.24) is 0 Å². The van der Waals surface area contributed by atoms with Gasteiger partial charge in [0.25, 0.3) is 10.0 Å². The molecule has 150 valence electrons. The van der Waals surface area contributed by atoms with Crippen molar-refractivity contribution in [1.29, 1.82) is 0 Å². The van der Waals surface area contributed by atoms with Crippen molar-refractivity contribution in [2.24, 2.45) is 0 Å². The number of carbonyl (C=O) groups is 1. The molecule has 2 N–H and O–H groups in total. The Labute approximate surface area is 164 Å². The van der Waals surface area contributed by atoms with E-state index in [-0.39, 0.29) is 11.3 Å². The minimum Gasteiger partial charge on any atom is -0.478 e. The zero-order chi connectivity index (χ0) is 21.2. The summed E-state index contributed by atoms with van der Waals surface area (Å²) < 4.78 is 65.4. The van der Waals surface area contributed by atoms with Gasteiger partial charge in [0, 0.05) is 0 Å². The summed E-state index contributed by atoms with van der Waals surface area (Å²) in [6.07, 6.45) is -4.60. The largest absolute Gasteiger partial charge is 0.478 e. The normalized spacial score (nSPS) is 11.8. The highest BCUT2D eigenvalue weighted by molar-refractivity contribution is 7.92. The van der Waals surface area contributed by atoms with Gasteiger partial charge < -0.3 is 5.11 Å². The van der Waals surface area contributed by atoms with E-state index in [2.05, 4.69) is 4.72 Å². The van der Waals surface area contributed by atoms with E-state index in [1.807, 2.05) is 0 Å². The molecular formula is C20H14F3NO4S. The lowest BCUT2D eigenvalue weighted by Crippen LogP contribution is -2.16. The highest BCUT2D eigenvalue weighted by atomic mass is 32.2. The van der Waals surface area contributed by atoms with Gasteiger partial charge in [-0.2, -0.15) is 13.2 Å². The first kappa shape index (κ1) is 20.4. The monoisotopic (exact) mass is 421 g/mol. The summed E-state index contributed by atoms with van der Waals surface area (Å²) in [5, 5.41) is 9.36. The van der Waals surface area contributed by atoms with Crippen LogP contribution >= 0.6 is 0 Å². The minimum atomic E-state index is -4.60. The van der Waals surface area contributed by atoms with Crippen molar-refractivity contribution in [2.75, 3.05) is 4.72 Å². The van der Waals surface area contributed by atoms with Gasteiger partial charge in [0.05, 0.1) is 21.7 Å². The van der Waals surface area contributed by atoms with E-state index in [4.69, 9.17) is 0 Å². The molecule has 3 aromatic carbocycles. The summed E-state index contributed by atoms with van der Waals surface area (Å²) in [4.78, 5) is 11.1. The van der Waals surface area contributed by atoms with Gasteiger partial charge in [-0.3, -0.25) is 4.72 Å². The predicted molar refractivity (Wildman–Crippen MR) is 101 cm³/mol. The first-order valence-electron chi connectivity index (χ1n) is 8.21. The average Bonchev–Trinajstić information content (AvgIpc) is 2.67. The second-order valence-corrected chi connectivity index (χ2v) is 7.74. The molecule has 3 rings (SSSR count). The molecule has 0 amide bonds. The molecule has 29 heavy (non-hydrogen) atoms. The maximum atomic E-state index is 12.7. The molecule has 0 radical (unpaired) electrons. The minimum absolute atomic E-state index is 0.196. The van der Waals surface area contributed by atoms with Crippen LogP contribution in [0.1, 0.15) is 15.9 Å². The third-order valence-electron chi connectivity index (χ3n) is 4.09. The van der Waals surface area contributed by atoms with Crippen molar-refractivity contribution in [3.8, 4) is 11.1 Å². The summed E-state index contributed by atoms with van der Waals surface area (Å²) in [5.41, 5.74) is -0.173. The molecular weight excluding hydrogens is 407 g/mol. The molecule has 0 aliphatic carbocycles. The Morgan fingerprint density at radius 3 is 2.03 bits per heavy atom. The molecule has 0 aromatic heterocycles. The van der Waals surface area contributed by atoms with Crippen LogP contribution in [0.25, 0.3) is 11.1 Å². The Morgan fingerprint density at radius 2 is 1.48 bits per heavy atom. The quantitative estimate of drug-likeness (QED) is 0.616.